The van der Waals surface area contributed by atoms with Crippen molar-refractivity contribution in [3.8, 4) is 0 Å². The molecule has 0 aliphatic rings. The van der Waals surface area contributed by atoms with Crippen molar-refractivity contribution in [2.24, 2.45) is 0 Å². The molecule has 2 rings (SSSR count). The van der Waals surface area contributed by atoms with Crippen LogP contribution in [0.1, 0.15) is 11.4 Å². The molecule has 0 unspecified atom stereocenters. The Morgan fingerprint density at radius 3 is 2.80 bits per heavy atom. The Labute approximate surface area is 122 Å². The van der Waals surface area contributed by atoms with E-state index in [4.69, 9.17) is 16.3 Å². The average molecular weight is 296 g/mol. The van der Waals surface area contributed by atoms with E-state index >= 15 is 0 Å². The molecule has 106 valence electrons. The molecule has 0 atom stereocenters. The molecule has 2 aromatic rings. The molecule has 1 aromatic carbocycles. The van der Waals surface area contributed by atoms with E-state index in [0.717, 1.165) is 5.56 Å². The number of hydrogen-bond donors (Lipinski definition) is 0. The first kappa shape index (κ1) is 14.7. The second kappa shape index (κ2) is 6.63. The zero-order valence-electron chi connectivity index (χ0n) is 11.3. The zero-order valence-corrected chi connectivity index (χ0v) is 12.1. The first-order valence-electron chi connectivity index (χ1n) is 6.06. The zero-order chi connectivity index (χ0) is 14.5. The van der Waals surface area contributed by atoms with E-state index in [0.29, 0.717) is 29.9 Å². The van der Waals surface area contributed by atoms with Crippen LogP contribution < -0.4 is 4.90 Å². The number of aromatic nitrogens is 2. The number of rotatable bonds is 5. The number of methoxy groups -OCH3 is 1. The summed E-state index contributed by atoms with van der Waals surface area (Å²) in [7, 11) is 3.43. The molecule has 0 saturated heterocycles. The van der Waals surface area contributed by atoms with Gasteiger partial charge >= 0.3 is 0 Å². The highest BCUT2D eigenvalue weighted by Gasteiger charge is 2.08. The third-order valence-electron chi connectivity index (χ3n) is 2.70. The minimum atomic E-state index is -0.253. The Hall–Kier alpha value is -1.72. The van der Waals surface area contributed by atoms with Crippen molar-refractivity contribution in [2.75, 3.05) is 19.1 Å². The van der Waals surface area contributed by atoms with E-state index in [-0.39, 0.29) is 5.82 Å². The van der Waals surface area contributed by atoms with Crippen molar-refractivity contribution in [3.63, 3.8) is 0 Å². The van der Waals surface area contributed by atoms with Crippen molar-refractivity contribution >= 4 is 17.4 Å². The first-order chi connectivity index (χ1) is 9.58. The van der Waals surface area contributed by atoms with E-state index in [1.54, 1.807) is 19.2 Å². The maximum Gasteiger partial charge on any atom is 0.158 e. The van der Waals surface area contributed by atoms with Crippen molar-refractivity contribution in [3.05, 3.63) is 52.7 Å². The third kappa shape index (κ3) is 3.88. The van der Waals surface area contributed by atoms with Crippen molar-refractivity contribution in [1.82, 2.24) is 9.97 Å². The van der Waals surface area contributed by atoms with Crippen LogP contribution in [0.2, 0.25) is 5.15 Å². The Bertz CT molecular complexity index is 594. The van der Waals surface area contributed by atoms with E-state index in [2.05, 4.69) is 9.97 Å². The van der Waals surface area contributed by atoms with Gasteiger partial charge in [-0.3, -0.25) is 0 Å². The van der Waals surface area contributed by atoms with E-state index in [1.165, 1.54) is 12.1 Å². The second-order valence-corrected chi connectivity index (χ2v) is 4.77. The topological polar surface area (TPSA) is 38.2 Å². The Kier molecular flexibility index (Phi) is 4.87. The summed E-state index contributed by atoms with van der Waals surface area (Å²) in [5, 5.41) is 0.355. The number of nitrogens with zero attached hydrogens (tertiary/aromatic N) is 3. The number of halogens is 2. The van der Waals surface area contributed by atoms with Gasteiger partial charge in [0.25, 0.3) is 0 Å². The predicted octanol–water partition coefficient (Wildman–Crippen LogP) is 3.05. The lowest BCUT2D eigenvalue weighted by Crippen LogP contribution is -2.19. The highest BCUT2D eigenvalue weighted by molar-refractivity contribution is 6.29. The number of hydrogen-bond acceptors (Lipinski definition) is 4. The monoisotopic (exact) mass is 295 g/mol. The van der Waals surface area contributed by atoms with Crippen molar-refractivity contribution in [1.29, 1.82) is 0 Å². The quantitative estimate of drug-likeness (QED) is 0.795. The summed E-state index contributed by atoms with van der Waals surface area (Å²) in [5.74, 6) is 0.930. The summed E-state index contributed by atoms with van der Waals surface area (Å²) in [5.41, 5.74) is 0.857. The normalized spacial score (nSPS) is 10.6. The maximum absolute atomic E-state index is 13.2. The van der Waals surface area contributed by atoms with Gasteiger partial charge in [0.2, 0.25) is 0 Å². The lowest BCUT2D eigenvalue weighted by molar-refractivity contribution is 0.178. The SMILES string of the molecule is COCc1nc(Cl)cc(N(C)Cc2cccc(F)c2)n1. The fourth-order valence-corrected chi connectivity index (χ4v) is 2.03. The molecule has 20 heavy (non-hydrogen) atoms. The largest absolute Gasteiger partial charge is 0.377 e. The summed E-state index contributed by atoms with van der Waals surface area (Å²) < 4.78 is 18.2. The fourth-order valence-electron chi connectivity index (χ4n) is 1.83. The number of benzene rings is 1. The molecule has 4 nitrogen and oxygen atoms in total. The minimum Gasteiger partial charge on any atom is -0.377 e. The van der Waals surface area contributed by atoms with Crippen molar-refractivity contribution in [2.45, 2.75) is 13.2 Å². The number of anilines is 1. The lowest BCUT2D eigenvalue weighted by atomic mass is 10.2. The predicted molar refractivity (Wildman–Crippen MR) is 76.3 cm³/mol. The van der Waals surface area contributed by atoms with Gasteiger partial charge < -0.3 is 9.64 Å². The van der Waals surface area contributed by atoms with E-state index < -0.39 is 0 Å². The third-order valence-corrected chi connectivity index (χ3v) is 2.89. The van der Waals surface area contributed by atoms with Gasteiger partial charge in [0.05, 0.1) is 0 Å². The summed E-state index contributed by atoms with van der Waals surface area (Å²) in [6, 6.07) is 8.12. The smallest absolute Gasteiger partial charge is 0.158 e. The van der Waals surface area contributed by atoms with Crippen LogP contribution in [0.25, 0.3) is 0 Å². The Morgan fingerprint density at radius 1 is 1.30 bits per heavy atom. The minimum absolute atomic E-state index is 0.253. The van der Waals surface area contributed by atoms with Gasteiger partial charge in [-0.25, -0.2) is 14.4 Å². The molecular weight excluding hydrogens is 281 g/mol. The van der Waals surface area contributed by atoms with E-state index in [9.17, 15) is 4.39 Å². The van der Waals surface area contributed by atoms with Crippen LogP contribution >= 0.6 is 11.6 Å². The Morgan fingerprint density at radius 2 is 2.10 bits per heavy atom. The van der Waals surface area contributed by atoms with Crippen molar-refractivity contribution < 1.29 is 9.13 Å². The van der Waals surface area contributed by atoms with Crippen LogP contribution in [0.3, 0.4) is 0 Å². The van der Waals surface area contributed by atoms with Crippen LogP contribution in [0.5, 0.6) is 0 Å². The maximum atomic E-state index is 13.2. The highest BCUT2D eigenvalue weighted by atomic mass is 35.5. The van der Waals surface area contributed by atoms with Gasteiger partial charge in [0, 0.05) is 26.8 Å². The molecule has 0 saturated carbocycles. The molecule has 0 aliphatic heterocycles. The van der Waals surface area contributed by atoms with Gasteiger partial charge in [-0.2, -0.15) is 0 Å². The second-order valence-electron chi connectivity index (χ2n) is 4.38. The molecule has 0 spiro atoms. The highest BCUT2D eigenvalue weighted by Crippen LogP contribution is 2.17. The molecule has 0 fully saturated rings. The summed E-state index contributed by atoms with van der Waals surface area (Å²) in [6.45, 7) is 0.818. The van der Waals surface area contributed by atoms with Gasteiger partial charge in [0.15, 0.2) is 5.82 Å². The average Bonchev–Trinajstić information content (AvgIpc) is 2.38. The molecule has 0 radical (unpaired) electrons. The van der Waals surface area contributed by atoms with Crippen LogP contribution in [-0.4, -0.2) is 24.1 Å². The fraction of sp³-hybridized carbons (Fsp3) is 0.286. The standard InChI is InChI=1S/C14H15ClFN3O/c1-19(8-10-4-3-5-11(16)6-10)14-7-12(15)17-13(18-14)9-20-2/h3-7H,8-9H2,1-2H3. The lowest BCUT2D eigenvalue weighted by Gasteiger charge is -2.19. The molecule has 0 aliphatic carbocycles. The van der Waals surface area contributed by atoms with Gasteiger partial charge in [-0.05, 0) is 17.7 Å². The summed E-state index contributed by atoms with van der Waals surface area (Å²) in [6.07, 6.45) is 0. The molecule has 1 aromatic heterocycles. The first-order valence-corrected chi connectivity index (χ1v) is 6.44. The van der Waals surface area contributed by atoms with Gasteiger partial charge in [-0.1, -0.05) is 23.7 Å². The number of ether oxygens (including phenoxy) is 1. The summed E-state index contributed by atoms with van der Waals surface area (Å²) in [4.78, 5) is 10.3. The van der Waals surface area contributed by atoms with Crippen LogP contribution in [0, 0.1) is 5.82 Å². The molecule has 0 bridgehead atoms. The van der Waals surface area contributed by atoms with Crippen LogP contribution in [0.4, 0.5) is 10.2 Å². The van der Waals surface area contributed by atoms with E-state index in [1.807, 2.05) is 18.0 Å². The van der Waals surface area contributed by atoms with Crippen LogP contribution in [0.15, 0.2) is 30.3 Å². The Balaban J connectivity index is 2.18. The molecule has 1 heterocycles. The molecule has 0 N–H and O–H groups in total. The van der Waals surface area contributed by atoms with Gasteiger partial charge in [0.1, 0.15) is 23.4 Å². The summed E-state index contributed by atoms with van der Waals surface area (Å²) >= 11 is 5.96. The molecular formula is C14H15ClFN3O. The molecule has 6 heteroatoms. The molecule has 0 amide bonds. The van der Waals surface area contributed by atoms with Crippen LogP contribution in [-0.2, 0) is 17.9 Å². The van der Waals surface area contributed by atoms with Gasteiger partial charge in [-0.15, -0.1) is 0 Å².